The average molecular weight is 487 g/mol. The summed E-state index contributed by atoms with van der Waals surface area (Å²) in [4.78, 5) is 42.4. The van der Waals surface area contributed by atoms with Crippen LogP contribution in [0.2, 0.25) is 0 Å². The van der Waals surface area contributed by atoms with Gasteiger partial charge in [-0.2, -0.15) is 5.10 Å². The van der Waals surface area contributed by atoms with E-state index in [0.717, 1.165) is 30.6 Å². The molecule has 34 heavy (non-hydrogen) atoms. The average Bonchev–Trinajstić information content (AvgIpc) is 3.45. The number of thiophene rings is 1. The Bertz CT molecular complexity index is 1010. The molecule has 0 saturated heterocycles. The van der Waals surface area contributed by atoms with Crippen LogP contribution in [0.25, 0.3) is 0 Å². The lowest BCUT2D eigenvalue weighted by atomic mass is 9.92. The van der Waals surface area contributed by atoms with Crippen LogP contribution in [0.15, 0.2) is 23.6 Å². The molecule has 4 rings (SSSR count). The van der Waals surface area contributed by atoms with Crippen molar-refractivity contribution in [3.63, 3.8) is 0 Å². The first-order chi connectivity index (χ1) is 16.4. The molecule has 3 heterocycles. The number of fused-ring (bicyclic) bond motifs is 1. The third-order valence-electron chi connectivity index (χ3n) is 6.87. The van der Waals surface area contributed by atoms with Gasteiger partial charge in [-0.3, -0.25) is 14.3 Å². The molecule has 2 aromatic heterocycles. The second-order valence-electron chi connectivity index (χ2n) is 9.37. The van der Waals surface area contributed by atoms with Gasteiger partial charge in [0.15, 0.2) is 5.69 Å². The van der Waals surface area contributed by atoms with Gasteiger partial charge in [-0.05, 0) is 44.6 Å². The van der Waals surface area contributed by atoms with Crippen LogP contribution in [-0.2, 0) is 22.5 Å². The van der Waals surface area contributed by atoms with E-state index in [4.69, 9.17) is 4.74 Å². The van der Waals surface area contributed by atoms with Crippen molar-refractivity contribution in [2.45, 2.75) is 83.3 Å². The number of esters is 1. The number of ether oxygens (including phenoxy) is 1. The highest BCUT2D eigenvalue weighted by Gasteiger charge is 2.48. The minimum absolute atomic E-state index is 0.0908. The Hall–Kier alpha value is -2.68. The summed E-state index contributed by atoms with van der Waals surface area (Å²) in [5, 5.41) is 9.60. The first kappa shape index (κ1) is 24.4. The molecule has 2 amide bonds. The summed E-state index contributed by atoms with van der Waals surface area (Å²) in [5.41, 5.74) is -0.708. The molecule has 1 saturated carbocycles. The zero-order valence-electron chi connectivity index (χ0n) is 20.0. The number of hydrogen-bond acceptors (Lipinski definition) is 6. The number of hydrogen-bond donors (Lipinski definition) is 1. The van der Waals surface area contributed by atoms with Gasteiger partial charge in [0, 0.05) is 23.5 Å². The lowest BCUT2D eigenvalue weighted by Crippen LogP contribution is -2.65. The van der Waals surface area contributed by atoms with E-state index >= 15 is 0 Å². The first-order valence-electron chi connectivity index (χ1n) is 12.3. The van der Waals surface area contributed by atoms with Crippen molar-refractivity contribution in [1.29, 1.82) is 0 Å². The Balaban J connectivity index is 1.60. The summed E-state index contributed by atoms with van der Waals surface area (Å²) in [6.07, 6.45) is 8.45. The van der Waals surface area contributed by atoms with Crippen molar-refractivity contribution in [3.8, 4) is 0 Å². The smallest absolute Gasteiger partial charge is 0.358 e. The fourth-order valence-electron chi connectivity index (χ4n) is 4.91. The molecule has 0 radical (unpaired) electrons. The second kappa shape index (κ2) is 10.7. The number of nitrogens with one attached hydrogen (secondary N) is 1. The summed E-state index contributed by atoms with van der Waals surface area (Å²) in [6, 6.07) is 5.62. The number of amides is 2. The van der Waals surface area contributed by atoms with Gasteiger partial charge in [-0.15, -0.1) is 11.3 Å². The molecule has 9 heteroatoms. The summed E-state index contributed by atoms with van der Waals surface area (Å²) in [7, 11) is 0. The Labute approximate surface area is 204 Å². The van der Waals surface area contributed by atoms with Crippen LogP contribution in [0, 0.1) is 0 Å². The van der Waals surface area contributed by atoms with Gasteiger partial charge < -0.3 is 15.0 Å². The molecule has 2 aromatic rings. The molecule has 184 valence electrons. The van der Waals surface area contributed by atoms with Crippen LogP contribution in [0.1, 0.15) is 84.6 Å². The van der Waals surface area contributed by atoms with E-state index in [-0.39, 0.29) is 36.7 Å². The number of rotatable bonds is 7. The van der Waals surface area contributed by atoms with E-state index in [1.807, 2.05) is 24.4 Å². The standard InChI is InChI=1S/C25H34N4O4S/c1-3-33-23(31)20-16-21-22(30)28(14-13-19-12-9-15-34-19)25(2,17-29(21)27-20)24(32)26-18-10-7-5-4-6-8-11-18/h9,12,15-16,18H,3-8,10-11,13-14,17H2,1-2H3,(H,26,32)/t25-/m1/s1. The molecule has 0 bridgehead atoms. The molecule has 1 aliphatic heterocycles. The summed E-state index contributed by atoms with van der Waals surface area (Å²) >= 11 is 1.64. The van der Waals surface area contributed by atoms with Crippen molar-refractivity contribution in [3.05, 3.63) is 39.8 Å². The highest BCUT2D eigenvalue weighted by molar-refractivity contribution is 7.09. The van der Waals surface area contributed by atoms with Crippen LogP contribution >= 0.6 is 11.3 Å². The predicted octanol–water partition coefficient (Wildman–Crippen LogP) is 3.81. The second-order valence-corrected chi connectivity index (χ2v) is 10.4. The molecule has 1 fully saturated rings. The topological polar surface area (TPSA) is 93.5 Å². The van der Waals surface area contributed by atoms with E-state index in [1.54, 1.807) is 23.2 Å². The maximum atomic E-state index is 13.7. The zero-order valence-corrected chi connectivity index (χ0v) is 20.9. The van der Waals surface area contributed by atoms with Crippen LogP contribution in [0.4, 0.5) is 0 Å². The van der Waals surface area contributed by atoms with Crippen molar-refractivity contribution >= 4 is 29.1 Å². The van der Waals surface area contributed by atoms with Gasteiger partial charge in [0.05, 0.1) is 13.2 Å². The monoisotopic (exact) mass is 486 g/mol. The van der Waals surface area contributed by atoms with Gasteiger partial charge in [0.25, 0.3) is 5.91 Å². The van der Waals surface area contributed by atoms with E-state index in [0.29, 0.717) is 18.7 Å². The maximum absolute atomic E-state index is 13.7. The Morgan fingerprint density at radius 2 is 1.97 bits per heavy atom. The SMILES string of the molecule is CCOC(=O)c1cc2n(n1)C[C@](C)(C(=O)NC1CCCCCCC1)N(CCc1cccs1)C2=O. The number of carbonyl (C=O) groups excluding carboxylic acids is 3. The van der Waals surface area contributed by atoms with E-state index in [2.05, 4.69) is 10.4 Å². The molecule has 0 aromatic carbocycles. The molecule has 1 atom stereocenters. The van der Waals surface area contributed by atoms with Gasteiger partial charge in [0.1, 0.15) is 11.2 Å². The van der Waals surface area contributed by atoms with Crippen molar-refractivity contribution < 1.29 is 19.1 Å². The Kier molecular flexibility index (Phi) is 7.70. The summed E-state index contributed by atoms with van der Waals surface area (Å²) in [6.45, 7) is 4.36. The molecular formula is C25H34N4O4S. The number of nitrogens with zero attached hydrogens (tertiary/aromatic N) is 3. The van der Waals surface area contributed by atoms with E-state index in [1.165, 1.54) is 30.0 Å². The molecule has 8 nitrogen and oxygen atoms in total. The van der Waals surface area contributed by atoms with Crippen molar-refractivity contribution in [1.82, 2.24) is 20.0 Å². The Morgan fingerprint density at radius 1 is 1.24 bits per heavy atom. The molecule has 1 N–H and O–H groups in total. The predicted molar refractivity (Wildman–Crippen MR) is 130 cm³/mol. The van der Waals surface area contributed by atoms with Gasteiger partial charge >= 0.3 is 5.97 Å². The fraction of sp³-hybridized carbons (Fsp3) is 0.600. The first-order valence-corrected chi connectivity index (χ1v) is 13.2. The third-order valence-corrected chi connectivity index (χ3v) is 7.81. The van der Waals surface area contributed by atoms with Gasteiger partial charge in [-0.25, -0.2) is 4.79 Å². The Morgan fingerprint density at radius 3 is 2.65 bits per heavy atom. The van der Waals surface area contributed by atoms with Crippen molar-refractivity contribution in [2.75, 3.05) is 13.2 Å². The lowest BCUT2D eigenvalue weighted by Gasteiger charge is -2.44. The minimum atomic E-state index is -1.11. The minimum Gasteiger partial charge on any atom is -0.461 e. The van der Waals surface area contributed by atoms with Crippen LogP contribution in [0.5, 0.6) is 0 Å². The lowest BCUT2D eigenvalue weighted by molar-refractivity contribution is -0.134. The molecule has 0 spiro atoms. The highest BCUT2D eigenvalue weighted by atomic mass is 32.1. The molecular weight excluding hydrogens is 452 g/mol. The summed E-state index contributed by atoms with van der Waals surface area (Å²) in [5.74, 6) is -1.01. The molecule has 2 aliphatic rings. The number of aromatic nitrogens is 2. The van der Waals surface area contributed by atoms with Gasteiger partial charge in [0.2, 0.25) is 5.91 Å². The molecule has 1 aliphatic carbocycles. The highest BCUT2D eigenvalue weighted by Crippen LogP contribution is 2.29. The third kappa shape index (κ3) is 5.19. The number of carbonyl (C=O) groups is 3. The fourth-order valence-corrected chi connectivity index (χ4v) is 5.61. The normalized spacial score (nSPS) is 21.5. The van der Waals surface area contributed by atoms with E-state index < -0.39 is 11.5 Å². The van der Waals surface area contributed by atoms with Crippen LogP contribution in [-0.4, -0.2) is 57.2 Å². The zero-order chi connectivity index (χ0) is 24.1. The van der Waals surface area contributed by atoms with E-state index in [9.17, 15) is 14.4 Å². The van der Waals surface area contributed by atoms with Gasteiger partial charge in [-0.1, -0.05) is 38.2 Å². The summed E-state index contributed by atoms with van der Waals surface area (Å²) < 4.78 is 6.56. The maximum Gasteiger partial charge on any atom is 0.358 e. The van der Waals surface area contributed by atoms with Crippen LogP contribution < -0.4 is 5.32 Å². The van der Waals surface area contributed by atoms with Crippen molar-refractivity contribution in [2.24, 2.45) is 0 Å². The largest absolute Gasteiger partial charge is 0.461 e. The molecule has 0 unspecified atom stereocenters. The van der Waals surface area contributed by atoms with Crippen LogP contribution in [0.3, 0.4) is 0 Å². The quantitative estimate of drug-likeness (QED) is 0.601.